The van der Waals surface area contributed by atoms with Crippen molar-refractivity contribution in [2.75, 3.05) is 19.6 Å². The second kappa shape index (κ2) is 9.53. The van der Waals surface area contributed by atoms with Crippen LogP contribution in [0.2, 0.25) is 0 Å². The van der Waals surface area contributed by atoms with Gasteiger partial charge in [0.1, 0.15) is 6.04 Å². The number of carbonyl (C=O) groups is 1. The zero-order chi connectivity index (χ0) is 12.4. The Labute approximate surface area is 96.0 Å². The van der Waals surface area contributed by atoms with E-state index in [1.165, 1.54) is 0 Å². The summed E-state index contributed by atoms with van der Waals surface area (Å²) in [7, 11) is 0. The van der Waals surface area contributed by atoms with Gasteiger partial charge in [-0.25, -0.2) is 0 Å². The van der Waals surface area contributed by atoms with E-state index in [4.69, 9.17) is 16.6 Å². The minimum absolute atomic E-state index is 0.397. The maximum atomic E-state index is 10.4. The Morgan fingerprint density at radius 2 is 2.00 bits per heavy atom. The Bertz CT molecular complexity index is 190. The molecule has 0 aliphatic carbocycles. The van der Waals surface area contributed by atoms with E-state index in [9.17, 15) is 9.90 Å². The maximum absolute atomic E-state index is 10.4. The Hall–Kier alpha value is -0.690. The zero-order valence-corrected chi connectivity index (χ0v) is 9.56. The molecule has 0 aromatic heterocycles. The van der Waals surface area contributed by atoms with E-state index < -0.39 is 18.1 Å². The van der Waals surface area contributed by atoms with Gasteiger partial charge >= 0.3 is 5.97 Å². The number of carboxylic acids is 1. The molecule has 16 heavy (non-hydrogen) atoms. The van der Waals surface area contributed by atoms with Crippen molar-refractivity contribution in [2.24, 2.45) is 11.5 Å². The predicted octanol–water partition coefficient (Wildman–Crippen LogP) is -1.13. The summed E-state index contributed by atoms with van der Waals surface area (Å²) < 4.78 is 0. The number of unbranched alkanes of at least 4 members (excludes halogenated alkanes) is 1. The molecule has 0 saturated heterocycles. The highest BCUT2D eigenvalue weighted by molar-refractivity contribution is 5.72. The normalized spacial score (nSPS) is 14.7. The van der Waals surface area contributed by atoms with E-state index in [2.05, 4.69) is 5.32 Å². The first-order valence-corrected chi connectivity index (χ1v) is 5.65. The number of aliphatic hydroxyl groups is 1. The molecular formula is C10H23N3O3. The summed E-state index contributed by atoms with van der Waals surface area (Å²) in [5, 5.41) is 20.9. The SMILES string of the molecule is NCC[C@H](O)CNCCCC[C@@H](N)C(=O)O. The lowest BCUT2D eigenvalue weighted by Gasteiger charge is -2.10. The van der Waals surface area contributed by atoms with Crippen LogP contribution in [-0.2, 0) is 4.79 Å². The molecule has 96 valence electrons. The fraction of sp³-hybridized carbons (Fsp3) is 0.900. The highest BCUT2D eigenvalue weighted by Gasteiger charge is 2.09. The van der Waals surface area contributed by atoms with Crippen LogP contribution in [0.3, 0.4) is 0 Å². The maximum Gasteiger partial charge on any atom is 0.320 e. The molecule has 0 aromatic carbocycles. The average molecular weight is 233 g/mol. The predicted molar refractivity (Wildman–Crippen MR) is 62.0 cm³/mol. The summed E-state index contributed by atoms with van der Waals surface area (Å²) in [5.41, 5.74) is 10.6. The number of nitrogens with one attached hydrogen (secondary N) is 1. The number of carboxylic acid groups (broad SMARTS) is 1. The molecule has 0 unspecified atom stereocenters. The van der Waals surface area contributed by atoms with Crippen LogP contribution in [0.15, 0.2) is 0 Å². The van der Waals surface area contributed by atoms with Crippen LogP contribution >= 0.6 is 0 Å². The first kappa shape index (κ1) is 15.3. The van der Waals surface area contributed by atoms with Gasteiger partial charge in [0, 0.05) is 6.54 Å². The van der Waals surface area contributed by atoms with Crippen molar-refractivity contribution in [1.29, 1.82) is 0 Å². The second-order valence-electron chi connectivity index (χ2n) is 3.88. The molecule has 0 heterocycles. The highest BCUT2D eigenvalue weighted by Crippen LogP contribution is 1.98. The van der Waals surface area contributed by atoms with Crippen LogP contribution in [0, 0.1) is 0 Å². The van der Waals surface area contributed by atoms with Crippen LogP contribution < -0.4 is 16.8 Å². The molecular weight excluding hydrogens is 210 g/mol. The molecule has 2 atom stereocenters. The van der Waals surface area contributed by atoms with Gasteiger partial charge in [0.15, 0.2) is 0 Å². The molecule has 0 radical (unpaired) electrons. The number of rotatable bonds is 10. The van der Waals surface area contributed by atoms with Crippen LogP contribution in [0.5, 0.6) is 0 Å². The standard InChI is InChI=1S/C10H23N3O3/c11-5-4-8(14)7-13-6-2-1-3-9(12)10(15)16/h8-9,13-14H,1-7,11-12H2,(H,15,16)/t8-,9+/m0/s1. The summed E-state index contributed by atoms with van der Waals surface area (Å²) in [6, 6.07) is -0.761. The fourth-order valence-electron chi connectivity index (χ4n) is 1.30. The van der Waals surface area contributed by atoms with Crippen molar-refractivity contribution >= 4 is 5.97 Å². The summed E-state index contributed by atoms with van der Waals surface area (Å²) in [5.74, 6) is -0.952. The van der Waals surface area contributed by atoms with Crippen molar-refractivity contribution in [1.82, 2.24) is 5.32 Å². The van der Waals surface area contributed by atoms with Crippen molar-refractivity contribution in [3.8, 4) is 0 Å². The zero-order valence-electron chi connectivity index (χ0n) is 9.56. The van der Waals surface area contributed by atoms with Gasteiger partial charge in [-0.1, -0.05) is 6.42 Å². The lowest BCUT2D eigenvalue weighted by atomic mass is 10.1. The number of nitrogens with two attached hydrogens (primary N) is 2. The third-order valence-electron chi connectivity index (χ3n) is 2.32. The Kier molecular flexibility index (Phi) is 9.12. The molecule has 0 bridgehead atoms. The minimum atomic E-state index is -0.952. The Balaban J connectivity index is 3.24. The molecule has 0 spiro atoms. The molecule has 7 N–H and O–H groups in total. The van der Waals surface area contributed by atoms with Gasteiger partial charge in [-0.2, -0.15) is 0 Å². The van der Waals surface area contributed by atoms with E-state index in [0.717, 1.165) is 19.4 Å². The summed E-state index contributed by atoms with van der Waals surface area (Å²) in [6.45, 7) is 1.77. The second-order valence-corrected chi connectivity index (χ2v) is 3.88. The third kappa shape index (κ3) is 8.60. The highest BCUT2D eigenvalue weighted by atomic mass is 16.4. The molecule has 0 fully saturated rings. The van der Waals surface area contributed by atoms with Crippen LogP contribution in [0.1, 0.15) is 25.7 Å². The van der Waals surface area contributed by atoms with E-state index in [-0.39, 0.29) is 0 Å². The molecule has 0 amide bonds. The number of hydrogen-bond donors (Lipinski definition) is 5. The monoisotopic (exact) mass is 233 g/mol. The first-order chi connectivity index (χ1) is 7.57. The van der Waals surface area contributed by atoms with Crippen molar-refractivity contribution in [3.63, 3.8) is 0 Å². The Morgan fingerprint density at radius 3 is 2.56 bits per heavy atom. The molecule has 0 saturated carbocycles. The van der Waals surface area contributed by atoms with Gasteiger partial charge in [-0.15, -0.1) is 0 Å². The number of aliphatic carboxylic acids is 1. The topological polar surface area (TPSA) is 122 Å². The van der Waals surface area contributed by atoms with Gasteiger partial charge in [0.05, 0.1) is 6.10 Å². The lowest BCUT2D eigenvalue weighted by Crippen LogP contribution is -2.31. The van der Waals surface area contributed by atoms with Gasteiger partial charge in [0.25, 0.3) is 0 Å². The van der Waals surface area contributed by atoms with E-state index in [1.807, 2.05) is 0 Å². The molecule has 0 rings (SSSR count). The quantitative estimate of drug-likeness (QED) is 0.304. The molecule has 0 aromatic rings. The van der Waals surface area contributed by atoms with E-state index >= 15 is 0 Å². The lowest BCUT2D eigenvalue weighted by molar-refractivity contribution is -0.138. The van der Waals surface area contributed by atoms with Crippen molar-refractivity contribution in [2.45, 2.75) is 37.8 Å². The largest absolute Gasteiger partial charge is 0.480 e. The number of hydrogen-bond acceptors (Lipinski definition) is 5. The van der Waals surface area contributed by atoms with Gasteiger partial charge < -0.3 is 27.0 Å². The summed E-state index contributed by atoms with van der Waals surface area (Å²) in [4.78, 5) is 10.4. The third-order valence-corrected chi connectivity index (χ3v) is 2.32. The van der Waals surface area contributed by atoms with Crippen molar-refractivity contribution in [3.05, 3.63) is 0 Å². The van der Waals surface area contributed by atoms with Gasteiger partial charge in [-0.05, 0) is 32.4 Å². The van der Waals surface area contributed by atoms with E-state index in [1.54, 1.807) is 0 Å². The molecule has 0 aliphatic rings. The molecule has 0 aliphatic heterocycles. The molecule has 6 heteroatoms. The average Bonchev–Trinajstić information content (AvgIpc) is 2.23. The summed E-state index contributed by atoms with van der Waals surface area (Å²) in [6.07, 6.45) is 2.31. The van der Waals surface area contributed by atoms with Crippen LogP contribution in [0.25, 0.3) is 0 Å². The number of aliphatic hydroxyl groups excluding tert-OH is 1. The van der Waals surface area contributed by atoms with Gasteiger partial charge in [0.2, 0.25) is 0 Å². The smallest absolute Gasteiger partial charge is 0.320 e. The van der Waals surface area contributed by atoms with Crippen LogP contribution in [-0.4, -0.2) is 48.0 Å². The van der Waals surface area contributed by atoms with Crippen molar-refractivity contribution < 1.29 is 15.0 Å². The first-order valence-electron chi connectivity index (χ1n) is 5.65. The minimum Gasteiger partial charge on any atom is -0.480 e. The van der Waals surface area contributed by atoms with Gasteiger partial charge in [-0.3, -0.25) is 4.79 Å². The van der Waals surface area contributed by atoms with Crippen LogP contribution in [0.4, 0.5) is 0 Å². The van der Waals surface area contributed by atoms with E-state index in [0.29, 0.717) is 25.9 Å². The summed E-state index contributed by atoms with van der Waals surface area (Å²) >= 11 is 0. The molecule has 6 nitrogen and oxygen atoms in total. The fourth-order valence-corrected chi connectivity index (χ4v) is 1.30. The Morgan fingerprint density at radius 1 is 1.31 bits per heavy atom.